The van der Waals surface area contributed by atoms with Crippen molar-refractivity contribution in [1.82, 2.24) is 14.5 Å². The Morgan fingerprint density at radius 3 is 2.79 bits per heavy atom. The molecule has 1 N–H and O–H groups in total. The highest BCUT2D eigenvalue weighted by Crippen LogP contribution is 2.27. The SMILES string of the molecule is COc1ncccc1Nc1ccc(-c2cn3c(n2)CCCC3)cc1. The van der Waals surface area contributed by atoms with Crippen molar-refractivity contribution in [3.05, 3.63) is 54.6 Å². The van der Waals surface area contributed by atoms with E-state index < -0.39 is 0 Å². The molecule has 5 nitrogen and oxygen atoms in total. The van der Waals surface area contributed by atoms with Gasteiger partial charge >= 0.3 is 0 Å². The first-order valence-electron chi connectivity index (χ1n) is 8.26. The van der Waals surface area contributed by atoms with Crippen LogP contribution >= 0.6 is 0 Å². The number of hydrogen-bond donors (Lipinski definition) is 1. The summed E-state index contributed by atoms with van der Waals surface area (Å²) in [6.07, 6.45) is 7.46. The van der Waals surface area contributed by atoms with Crippen LogP contribution in [0.1, 0.15) is 18.7 Å². The van der Waals surface area contributed by atoms with Crippen molar-refractivity contribution in [3.63, 3.8) is 0 Å². The van der Waals surface area contributed by atoms with E-state index in [1.54, 1.807) is 13.3 Å². The molecule has 1 aliphatic heterocycles. The van der Waals surface area contributed by atoms with E-state index in [2.05, 4.69) is 45.3 Å². The molecule has 0 radical (unpaired) electrons. The topological polar surface area (TPSA) is 52.0 Å². The van der Waals surface area contributed by atoms with Gasteiger partial charge in [0, 0.05) is 36.6 Å². The minimum Gasteiger partial charge on any atom is -0.480 e. The van der Waals surface area contributed by atoms with Crippen molar-refractivity contribution < 1.29 is 4.74 Å². The predicted molar refractivity (Wildman–Crippen MR) is 94.7 cm³/mol. The molecule has 0 saturated carbocycles. The van der Waals surface area contributed by atoms with E-state index in [1.807, 2.05) is 12.1 Å². The fourth-order valence-electron chi connectivity index (χ4n) is 3.08. The number of imidazole rings is 1. The Labute approximate surface area is 141 Å². The third-order valence-corrected chi connectivity index (χ3v) is 4.33. The number of aryl methyl sites for hydroxylation is 2. The summed E-state index contributed by atoms with van der Waals surface area (Å²) >= 11 is 0. The summed E-state index contributed by atoms with van der Waals surface area (Å²) < 4.78 is 7.55. The second-order valence-electron chi connectivity index (χ2n) is 5.96. The first kappa shape index (κ1) is 14.8. The number of fused-ring (bicyclic) bond motifs is 1. The molecule has 0 unspecified atom stereocenters. The quantitative estimate of drug-likeness (QED) is 0.788. The third kappa shape index (κ3) is 2.85. The fraction of sp³-hybridized carbons (Fsp3) is 0.263. The Bertz CT molecular complexity index is 815. The van der Waals surface area contributed by atoms with E-state index in [0.717, 1.165) is 35.6 Å². The van der Waals surface area contributed by atoms with Crippen molar-refractivity contribution in [2.75, 3.05) is 12.4 Å². The number of nitrogens with one attached hydrogen (secondary N) is 1. The standard InChI is InChI=1S/C19H20N4O/c1-24-19-16(5-4-11-20-19)21-15-9-7-14(8-10-15)17-13-23-12-3-2-6-18(23)22-17/h4-5,7-11,13,21H,2-3,6,12H2,1H3. The van der Waals surface area contributed by atoms with Gasteiger partial charge in [-0.1, -0.05) is 12.1 Å². The van der Waals surface area contributed by atoms with E-state index in [0.29, 0.717) is 5.88 Å². The minimum absolute atomic E-state index is 0.586. The van der Waals surface area contributed by atoms with Gasteiger partial charge in [0.15, 0.2) is 0 Å². The lowest BCUT2D eigenvalue weighted by Gasteiger charge is -2.11. The highest BCUT2D eigenvalue weighted by atomic mass is 16.5. The number of anilines is 2. The molecular formula is C19H20N4O. The summed E-state index contributed by atoms with van der Waals surface area (Å²) in [4.78, 5) is 8.97. The van der Waals surface area contributed by atoms with E-state index in [1.165, 1.54) is 18.7 Å². The van der Waals surface area contributed by atoms with Crippen LogP contribution in [0.25, 0.3) is 11.3 Å². The predicted octanol–water partition coefficient (Wildman–Crippen LogP) is 4.03. The molecule has 0 fully saturated rings. The number of methoxy groups -OCH3 is 1. The molecule has 2 aromatic heterocycles. The van der Waals surface area contributed by atoms with Gasteiger partial charge < -0.3 is 14.6 Å². The molecule has 122 valence electrons. The maximum atomic E-state index is 5.27. The second-order valence-corrected chi connectivity index (χ2v) is 5.96. The Hall–Kier alpha value is -2.82. The van der Waals surface area contributed by atoms with Crippen molar-refractivity contribution in [2.24, 2.45) is 0 Å². The van der Waals surface area contributed by atoms with Crippen LogP contribution in [0.2, 0.25) is 0 Å². The Balaban J connectivity index is 1.55. The number of rotatable bonds is 4. The van der Waals surface area contributed by atoms with Crippen LogP contribution < -0.4 is 10.1 Å². The largest absolute Gasteiger partial charge is 0.480 e. The average Bonchev–Trinajstić information content (AvgIpc) is 3.07. The van der Waals surface area contributed by atoms with Gasteiger partial charge in [-0.15, -0.1) is 0 Å². The first-order chi connectivity index (χ1) is 11.8. The maximum absolute atomic E-state index is 5.27. The van der Waals surface area contributed by atoms with Crippen LogP contribution in [-0.4, -0.2) is 21.6 Å². The van der Waals surface area contributed by atoms with Gasteiger partial charge in [0.1, 0.15) is 11.5 Å². The molecule has 0 spiro atoms. The fourth-order valence-corrected chi connectivity index (χ4v) is 3.08. The van der Waals surface area contributed by atoms with E-state index in [9.17, 15) is 0 Å². The molecule has 0 atom stereocenters. The van der Waals surface area contributed by atoms with Gasteiger partial charge in [-0.25, -0.2) is 9.97 Å². The Morgan fingerprint density at radius 1 is 1.12 bits per heavy atom. The smallest absolute Gasteiger partial charge is 0.237 e. The molecular weight excluding hydrogens is 300 g/mol. The lowest BCUT2D eigenvalue weighted by molar-refractivity contribution is 0.400. The van der Waals surface area contributed by atoms with Crippen LogP contribution in [0, 0.1) is 0 Å². The molecule has 0 bridgehead atoms. The first-order valence-corrected chi connectivity index (χ1v) is 8.26. The summed E-state index contributed by atoms with van der Waals surface area (Å²) in [5.41, 5.74) is 4.04. The van der Waals surface area contributed by atoms with Crippen LogP contribution in [0.4, 0.5) is 11.4 Å². The van der Waals surface area contributed by atoms with Gasteiger partial charge in [-0.3, -0.25) is 0 Å². The monoisotopic (exact) mass is 320 g/mol. The Kier molecular flexibility index (Phi) is 3.91. The number of ether oxygens (including phenoxy) is 1. The van der Waals surface area contributed by atoms with Gasteiger partial charge in [0.2, 0.25) is 5.88 Å². The van der Waals surface area contributed by atoms with Crippen LogP contribution in [0.3, 0.4) is 0 Å². The van der Waals surface area contributed by atoms with Gasteiger partial charge in [0.05, 0.1) is 12.8 Å². The molecule has 24 heavy (non-hydrogen) atoms. The number of pyridine rings is 1. The third-order valence-electron chi connectivity index (χ3n) is 4.33. The molecule has 0 aliphatic carbocycles. The van der Waals surface area contributed by atoms with Gasteiger partial charge in [-0.05, 0) is 37.1 Å². The number of nitrogens with zero attached hydrogens (tertiary/aromatic N) is 3. The highest BCUT2D eigenvalue weighted by molar-refractivity contribution is 5.68. The van der Waals surface area contributed by atoms with Crippen molar-refractivity contribution in [2.45, 2.75) is 25.8 Å². The lowest BCUT2D eigenvalue weighted by atomic mass is 10.1. The molecule has 1 aliphatic rings. The van der Waals surface area contributed by atoms with Gasteiger partial charge in [0.25, 0.3) is 0 Å². The molecule has 5 heteroatoms. The normalized spacial score (nSPS) is 13.4. The zero-order chi connectivity index (χ0) is 16.4. The summed E-state index contributed by atoms with van der Waals surface area (Å²) in [7, 11) is 1.62. The second kappa shape index (κ2) is 6.35. The summed E-state index contributed by atoms with van der Waals surface area (Å²) in [6.45, 7) is 1.09. The van der Waals surface area contributed by atoms with E-state index in [-0.39, 0.29) is 0 Å². The summed E-state index contributed by atoms with van der Waals surface area (Å²) in [5.74, 6) is 1.79. The molecule has 0 saturated heterocycles. The summed E-state index contributed by atoms with van der Waals surface area (Å²) in [6, 6.07) is 12.1. The van der Waals surface area contributed by atoms with Crippen molar-refractivity contribution in [3.8, 4) is 17.1 Å². The number of hydrogen-bond acceptors (Lipinski definition) is 4. The summed E-state index contributed by atoms with van der Waals surface area (Å²) in [5, 5.41) is 3.34. The lowest BCUT2D eigenvalue weighted by Crippen LogP contribution is -2.08. The minimum atomic E-state index is 0.586. The Morgan fingerprint density at radius 2 is 2.00 bits per heavy atom. The van der Waals surface area contributed by atoms with Crippen LogP contribution in [0.15, 0.2) is 48.8 Å². The maximum Gasteiger partial charge on any atom is 0.237 e. The number of aromatic nitrogens is 3. The molecule has 1 aromatic carbocycles. The van der Waals surface area contributed by atoms with Crippen LogP contribution in [-0.2, 0) is 13.0 Å². The average molecular weight is 320 g/mol. The molecule has 4 rings (SSSR count). The van der Waals surface area contributed by atoms with E-state index >= 15 is 0 Å². The van der Waals surface area contributed by atoms with Crippen LogP contribution in [0.5, 0.6) is 5.88 Å². The molecule has 3 aromatic rings. The van der Waals surface area contributed by atoms with Crippen molar-refractivity contribution in [1.29, 1.82) is 0 Å². The van der Waals surface area contributed by atoms with E-state index in [4.69, 9.17) is 9.72 Å². The van der Waals surface area contributed by atoms with Gasteiger partial charge in [-0.2, -0.15) is 0 Å². The molecule has 3 heterocycles. The zero-order valence-corrected chi connectivity index (χ0v) is 13.7. The molecule has 0 amide bonds. The van der Waals surface area contributed by atoms with Crippen molar-refractivity contribution >= 4 is 11.4 Å². The highest BCUT2D eigenvalue weighted by Gasteiger charge is 2.13. The number of benzene rings is 1. The zero-order valence-electron chi connectivity index (χ0n) is 13.7.